The van der Waals surface area contributed by atoms with Crippen LogP contribution in [0.15, 0.2) is 23.0 Å². The second kappa shape index (κ2) is 8.16. The lowest BCUT2D eigenvalue weighted by Gasteiger charge is -2.18. The molecule has 0 atom stereocenters. The van der Waals surface area contributed by atoms with E-state index in [1.54, 1.807) is 6.07 Å². The van der Waals surface area contributed by atoms with Gasteiger partial charge in [-0.3, -0.25) is 9.59 Å². The van der Waals surface area contributed by atoms with Gasteiger partial charge in [-0.15, -0.1) is 0 Å². The van der Waals surface area contributed by atoms with Crippen LogP contribution in [0.2, 0.25) is 0 Å². The van der Waals surface area contributed by atoms with Crippen molar-refractivity contribution in [2.75, 3.05) is 6.61 Å². The van der Waals surface area contributed by atoms with Crippen molar-refractivity contribution in [1.82, 2.24) is 4.98 Å². The van der Waals surface area contributed by atoms with E-state index in [4.69, 9.17) is 5.11 Å². The lowest BCUT2D eigenvalue weighted by molar-refractivity contribution is 0.103. The van der Waals surface area contributed by atoms with Crippen molar-refractivity contribution in [2.45, 2.75) is 52.9 Å². The Morgan fingerprint density at radius 3 is 2.57 bits per heavy atom. The summed E-state index contributed by atoms with van der Waals surface area (Å²) in [6.07, 6.45) is 3.18. The monoisotopic (exact) mass is 377 g/mol. The van der Waals surface area contributed by atoms with Crippen LogP contribution in [-0.4, -0.2) is 22.5 Å². The SMILES string of the molecule is Cc1cc(C#CCO)cc(C(=O)c2c(CC3CC3)c(C)[nH]c(=O)c2C(C)C)c1. The Balaban J connectivity index is 2.20. The van der Waals surface area contributed by atoms with Gasteiger partial charge in [-0.05, 0) is 74.3 Å². The van der Waals surface area contributed by atoms with Crippen LogP contribution in [0.5, 0.6) is 0 Å². The first-order valence-corrected chi connectivity index (χ1v) is 9.83. The quantitative estimate of drug-likeness (QED) is 0.617. The summed E-state index contributed by atoms with van der Waals surface area (Å²) in [4.78, 5) is 29.3. The molecule has 1 aliphatic carbocycles. The van der Waals surface area contributed by atoms with E-state index in [0.29, 0.717) is 28.2 Å². The number of H-pyrrole nitrogens is 1. The van der Waals surface area contributed by atoms with E-state index < -0.39 is 0 Å². The van der Waals surface area contributed by atoms with E-state index in [2.05, 4.69) is 16.8 Å². The number of rotatable bonds is 5. The third kappa shape index (κ3) is 4.26. The maximum atomic E-state index is 13.6. The molecule has 2 aromatic rings. The minimum absolute atomic E-state index is 0.0558. The first kappa shape index (κ1) is 20.1. The van der Waals surface area contributed by atoms with Crippen LogP contribution in [0.25, 0.3) is 0 Å². The Morgan fingerprint density at radius 1 is 1.25 bits per heavy atom. The maximum Gasteiger partial charge on any atom is 0.252 e. The second-order valence-corrected chi connectivity index (χ2v) is 8.03. The number of aliphatic hydroxyl groups is 1. The highest BCUT2D eigenvalue weighted by Gasteiger charge is 2.29. The summed E-state index contributed by atoms with van der Waals surface area (Å²) in [7, 11) is 0. The molecule has 1 aliphatic rings. The van der Waals surface area contributed by atoms with Crippen LogP contribution >= 0.6 is 0 Å². The lowest BCUT2D eigenvalue weighted by atomic mass is 9.86. The summed E-state index contributed by atoms with van der Waals surface area (Å²) in [5, 5.41) is 8.96. The number of carbonyl (C=O) groups excluding carboxylic acids is 1. The van der Waals surface area contributed by atoms with Gasteiger partial charge in [0, 0.05) is 27.9 Å². The van der Waals surface area contributed by atoms with Gasteiger partial charge in [0.2, 0.25) is 0 Å². The van der Waals surface area contributed by atoms with Crippen LogP contribution in [0.4, 0.5) is 0 Å². The van der Waals surface area contributed by atoms with Gasteiger partial charge in [-0.1, -0.05) is 25.7 Å². The van der Waals surface area contributed by atoms with Gasteiger partial charge in [0.05, 0.1) is 0 Å². The summed E-state index contributed by atoms with van der Waals surface area (Å²) in [5.74, 6) is 5.93. The molecule has 0 spiro atoms. The topological polar surface area (TPSA) is 70.2 Å². The zero-order valence-electron chi connectivity index (χ0n) is 17.0. The maximum absolute atomic E-state index is 13.6. The summed E-state index contributed by atoms with van der Waals surface area (Å²) in [6.45, 7) is 7.47. The molecule has 1 aromatic carbocycles. The van der Waals surface area contributed by atoms with Gasteiger partial charge in [-0.2, -0.15) is 0 Å². The molecular formula is C24H27NO3. The molecule has 28 heavy (non-hydrogen) atoms. The van der Waals surface area contributed by atoms with Crippen LogP contribution in [0.1, 0.15) is 76.5 Å². The number of hydrogen-bond acceptors (Lipinski definition) is 3. The van der Waals surface area contributed by atoms with Crippen molar-refractivity contribution in [3.63, 3.8) is 0 Å². The molecule has 1 fully saturated rings. The number of carbonyl (C=O) groups is 1. The van der Waals surface area contributed by atoms with Crippen molar-refractivity contribution < 1.29 is 9.90 Å². The van der Waals surface area contributed by atoms with Crippen molar-refractivity contribution in [2.24, 2.45) is 5.92 Å². The van der Waals surface area contributed by atoms with E-state index in [9.17, 15) is 9.59 Å². The molecule has 0 unspecified atom stereocenters. The summed E-state index contributed by atoms with van der Waals surface area (Å²) < 4.78 is 0. The highest BCUT2D eigenvalue weighted by molar-refractivity contribution is 6.11. The largest absolute Gasteiger partial charge is 0.384 e. The Kier molecular flexibility index (Phi) is 5.86. The summed E-state index contributed by atoms with van der Waals surface area (Å²) in [5.41, 5.74) is 4.86. The van der Waals surface area contributed by atoms with Crippen LogP contribution in [-0.2, 0) is 6.42 Å². The predicted molar refractivity (Wildman–Crippen MR) is 111 cm³/mol. The number of aliphatic hydroxyl groups excluding tert-OH is 1. The molecule has 1 saturated carbocycles. The number of aryl methyl sites for hydroxylation is 2. The standard InChI is InChI=1S/C24H27NO3/c1-14(2)21-22(20(13-17-7-8-17)16(4)25-24(21)28)23(27)19-11-15(3)10-18(12-19)6-5-9-26/h10-12,14,17,26H,7-9,13H2,1-4H3,(H,25,28). The average Bonchev–Trinajstić information content (AvgIpc) is 3.44. The second-order valence-electron chi connectivity index (χ2n) is 8.03. The Bertz CT molecular complexity index is 1030. The minimum Gasteiger partial charge on any atom is -0.384 e. The molecule has 0 saturated heterocycles. The lowest BCUT2D eigenvalue weighted by Crippen LogP contribution is -2.24. The number of nitrogens with one attached hydrogen (secondary N) is 1. The number of benzene rings is 1. The molecule has 0 radical (unpaired) electrons. The molecule has 1 heterocycles. The Morgan fingerprint density at radius 2 is 1.96 bits per heavy atom. The molecule has 1 aromatic heterocycles. The number of pyridine rings is 1. The highest BCUT2D eigenvalue weighted by Crippen LogP contribution is 2.36. The fourth-order valence-electron chi connectivity index (χ4n) is 3.72. The van der Waals surface area contributed by atoms with Crippen LogP contribution in [0.3, 0.4) is 0 Å². The fourth-order valence-corrected chi connectivity index (χ4v) is 3.72. The number of aromatic nitrogens is 1. The first-order chi connectivity index (χ1) is 13.3. The molecule has 4 nitrogen and oxygen atoms in total. The molecule has 3 rings (SSSR count). The van der Waals surface area contributed by atoms with Crippen molar-refractivity contribution in [3.8, 4) is 11.8 Å². The van der Waals surface area contributed by atoms with Gasteiger partial charge in [0.1, 0.15) is 6.61 Å². The van der Waals surface area contributed by atoms with Crippen molar-refractivity contribution >= 4 is 5.78 Å². The van der Waals surface area contributed by atoms with E-state index in [-0.39, 0.29) is 23.9 Å². The molecule has 0 aliphatic heterocycles. The van der Waals surface area contributed by atoms with Gasteiger partial charge < -0.3 is 10.1 Å². The van der Waals surface area contributed by atoms with Gasteiger partial charge in [0.15, 0.2) is 5.78 Å². The van der Waals surface area contributed by atoms with Crippen molar-refractivity contribution in [1.29, 1.82) is 0 Å². The molecule has 0 bridgehead atoms. The van der Waals surface area contributed by atoms with E-state index in [1.807, 2.05) is 39.8 Å². The zero-order chi connectivity index (χ0) is 20.4. The number of aromatic amines is 1. The highest BCUT2D eigenvalue weighted by atomic mass is 16.2. The number of hydrogen-bond donors (Lipinski definition) is 2. The molecule has 4 heteroatoms. The van der Waals surface area contributed by atoms with E-state index >= 15 is 0 Å². The van der Waals surface area contributed by atoms with Gasteiger partial charge in [-0.25, -0.2) is 0 Å². The predicted octanol–water partition coefficient (Wildman–Crippen LogP) is 3.64. The molecule has 146 valence electrons. The fraction of sp³-hybridized carbons (Fsp3) is 0.417. The van der Waals surface area contributed by atoms with E-state index in [1.165, 1.54) is 12.8 Å². The van der Waals surface area contributed by atoms with E-state index in [0.717, 1.165) is 23.2 Å². The third-order valence-electron chi connectivity index (χ3n) is 5.21. The van der Waals surface area contributed by atoms with Gasteiger partial charge in [0.25, 0.3) is 5.56 Å². The molecular weight excluding hydrogens is 350 g/mol. The Labute approximate surface area is 166 Å². The summed E-state index contributed by atoms with van der Waals surface area (Å²) in [6, 6.07) is 5.48. The Hall–Kier alpha value is -2.64. The smallest absolute Gasteiger partial charge is 0.252 e. The summed E-state index contributed by atoms with van der Waals surface area (Å²) >= 11 is 0. The van der Waals surface area contributed by atoms with Crippen LogP contribution < -0.4 is 5.56 Å². The third-order valence-corrected chi connectivity index (χ3v) is 5.21. The molecule has 2 N–H and O–H groups in total. The number of ketones is 1. The normalized spacial score (nSPS) is 13.4. The molecule has 0 amide bonds. The van der Waals surface area contributed by atoms with Crippen molar-refractivity contribution in [3.05, 3.63) is 67.6 Å². The average molecular weight is 377 g/mol. The van der Waals surface area contributed by atoms with Crippen LogP contribution in [0, 0.1) is 31.6 Å². The minimum atomic E-state index is -0.229. The first-order valence-electron chi connectivity index (χ1n) is 9.83. The van der Waals surface area contributed by atoms with Gasteiger partial charge >= 0.3 is 0 Å². The zero-order valence-corrected chi connectivity index (χ0v) is 17.0.